The zero-order chi connectivity index (χ0) is 13.6. The Kier molecular flexibility index (Phi) is 2.89. The van der Waals surface area contributed by atoms with Gasteiger partial charge in [0.1, 0.15) is 17.1 Å². The maximum absolute atomic E-state index is 13.6. The standard InChI is InChI=1S/C13H7F2IN2O/c14-7-2-4-9-12(11(7)15)18-13(17-9)6-1-3-8(16)10(19)5-6/h1-5,19H,(H,17,18). The molecule has 0 aliphatic rings. The first-order chi connectivity index (χ1) is 9.06. The molecule has 3 nitrogen and oxygen atoms in total. The minimum absolute atomic E-state index is 0.0481. The first kappa shape index (κ1) is 12.3. The highest BCUT2D eigenvalue weighted by molar-refractivity contribution is 14.1. The van der Waals surface area contributed by atoms with Crippen molar-refractivity contribution in [1.82, 2.24) is 9.97 Å². The van der Waals surface area contributed by atoms with Crippen LogP contribution in [0.3, 0.4) is 0 Å². The van der Waals surface area contributed by atoms with Crippen LogP contribution >= 0.6 is 22.6 Å². The lowest BCUT2D eigenvalue weighted by Gasteiger charge is -1.99. The van der Waals surface area contributed by atoms with Gasteiger partial charge in [-0.05, 0) is 52.9 Å². The molecule has 6 heteroatoms. The molecule has 0 amide bonds. The van der Waals surface area contributed by atoms with E-state index in [1.165, 1.54) is 12.1 Å². The number of H-pyrrole nitrogens is 1. The molecule has 3 rings (SSSR count). The highest BCUT2D eigenvalue weighted by Crippen LogP contribution is 2.28. The number of phenols is 1. The molecule has 0 unspecified atom stereocenters. The summed E-state index contributed by atoms with van der Waals surface area (Å²) in [6.45, 7) is 0. The van der Waals surface area contributed by atoms with E-state index in [0.29, 0.717) is 20.5 Å². The second kappa shape index (κ2) is 4.44. The fourth-order valence-corrected chi connectivity index (χ4v) is 2.15. The molecule has 2 N–H and O–H groups in total. The van der Waals surface area contributed by atoms with Gasteiger partial charge >= 0.3 is 0 Å². The zero-order valence-electron chi connectivity index (χ0n) is 9.42. The van der Waals surface area contributed by atoms with Gasteiger partial charge in [-0.1, -0.05) is 0 Å². The number of nitrogens with zero attached hydrogens (tertiary/aromatic N) is 1. The minimum Gasteiger partial charge on any atom is -0.507 e. The molecule has 1 aromatic heterocycles. The van der Waals surface area contributed by atoms with Crippen molar-refractivity contribution >= 4 is 33.6 Å². The second-order valence-electron chi connectivity index (χ2n) is 4.01. The summed E-state index contributed by atoms with van der Waals surface area (Å²) < 4.78 is 27.4. The van der Waals surface area contributed by atoms with Gasteiger partial charge in [-0.3, -0.25) is 0 Å². The van der Waals surface area contributed by atoms with Crippen LogP contribution in [0.1, 0.15) is 0 Å². The Labute approximate surface area is 120 Å². The normalized spacial score (nSPS) is 11.1. The van der Waals surface area contributed by atoms with Crippen molar-refractivity contribution in [2.24, 2.45) is 0 Å². The number of aromatic amines is 1. The number of aromatic hydroxyl groups is 1. The molecule has 0 aliphatic heterocycles. The Morgan fingerprint density at radius 2 is 1.95 bits per heavy atom. The third-order valence-electron chi connectivity index (χ3n) is 2.77. The molecule has 2 aromatic carbocycles. The van der Waals surface area contributed by atoms with E-state index in [9.17, 15) is 13.9 Å². The van der Waals surface area contributed by atoms with Crippen molar-refractivity contribution < 1.29 is 13.9 Å². The lowest BCUT2D eigenvalue weighted by Crippen LogP contribution is -1.84. The molecule has 0 fully saturated rings. The smallest absolute Gasteiger partial charge is 0.186 e. The largest absolute Gasteiger partial charge is 0.507 e. The van der Waals surface area contributed by atoms with Crippen molar-refractivity contribution in [3.63, 3.8) is 0 Å². The maximum Gasteiger partial charge on any atom is 0.186 e. The molecule has 96 valence electrons. The molecule has 0 radical (unpaired) electrons. The lowest BCUT2D eigenvalue weighted by atomic mass is 10.2. The second-order valence-corrected chi connectivity index (χ2v) is 5.17. The molecule has 1 heterocycles. The molecule has 0 aliphatic carbocycles. The van der Waals surface area contributed by atoms with Crippen LogP contribution in [-0.2, 0) is 0 Å². The van der Waals surface area contributed by atoms with E-state index in [1.807, 2.05) is 22.6 Å². The number of hydrogen-bond donors (Lipinski definition) is 2. The fraction of sp³-hybridized carbons (Fsp3) is 0. The van der Waals surface area contributed by atoms with E-state index in [0.717, 1.165) is 6.07 Å². The number of fused-ring (bicyclic) bond motifs is 1. The number of benzene rings is 2. The molecule has 0 spiro atoms. The SMILES string of the molecule is Oc1cc(-c2nc3c(F)c(F)ccc3[nH]2)ccc1I. The van der Waals surface area contributed by atoms with E-state index in [-0.39, 0.29) is 11.3 Å². The first-order valence-corrected chi connectivity index (χ1v) is 6.47. The monoisotopic (exact) mass is 372 g/mol. The van der Waals surface area contributed by atoms with Gasteiger partial charge < -0.3 is 10.1 Å². The lowest BCUT2D eigenvalue weighted by molar-refractivity contribution is 0.471. The van der Waals surface area contributed by atoms with Crippen LogP contribution in [0.2, 0.25) is 0 Å². The van der Waals surface area contributed by atoms with Crippen molar-refractivity contribution in [3.05, 3.63) is 45.5 Å². The van der Waals surface area contributed by atoms with Crippen molar-refractivity contribution in [2.75, 3.05) is 0 Å². The van der Waals surface area contributed by atoms with Gasteiger partial charge in [0.25, 0.3) is 0 Å². The molecule has 19 heavy (non-hydrogen) atoms. The van der Waals surface area contributed by atoms with Crippen LogP contribution in [0.4, 0.5) is 8.78 Å². The highest BCUT2D eigenvalue weighted by atomic mass is 127. The molecule has 3 aromatic rings. The van der Waals surface area contributed by atoms with E-state index < -0.39 is 11.6 Å². The molecule has 0 bridgehead atoms. The average molecular weight is 372 g/mol. The Hall–Kier alpha value is -1.70. The molecule has 0 saturated heterocycles. The third-order valence-corrected chi connectivity index (χ3v) is 3.68. The maximum atomic E-state index is 13.6. The van der Waals surface area contributed by atoms with Crippen molar-refractivity contribution in [2.45, 2.75) is 0 Å². The van der Waals surface area contributed by atoms with Crippen LogP contribution in [0.25, 0.3) is 22.4 Å². The first-order valence-electron chi connectivity index (χ1n) is 5.39. The zero-order valence-corrected chi connectivity index (χ0v) is 11.6. The molecule has 0 atom stereocenters. The Morgan fingerprint density at radius 3 is 2.68 bits per heavy atom. The quantitative estimate of drug-likeness (QED) is 0.639. The summed E-state index contributed by atoms with van der Waals surface area (Å²) in [4.78, 5) is 6.93. The van der Waals surface area contributed by atoms with Crippen molar-refractivity contribution in [1.29, 1.82) is 0 Å². The van der Waals surface area contributed by atoms with Gasteiger partial charge in [-0.25, -0.2) is 13.8 Å². The summed E-state index contributed by atoms with van der Waals surface area (Å²) in [5.74, 6) is -1.41. The average Bonchev–Trinajstić information content (AvgIpc) is 2.82. The van der Waals surface area contributed by atoms with Gasteiger partial charge in [0.15, 0.2) is 11.6 Å². The number of rotatable bonds is 1. The van der Waals surface area contributed by atoms with Gasteiger partial charge in [0.2, 0.25) is 0 Å². The van der Waals surface area contributed by atoms with E-state index in [4.69, 9.17) is 0 Å². The van der Waals surface area contributed by atoms with Gasteiger partial charge in [0.05, 0.1) is 9.09 Å². The highest BCUT2D eigenvalue weighted by Gasteiger charge is 2.13. The van der Waals surface area contributed by atoms with Gasteiger partial charge in [-0.15, -0.1) is 0 Å². The summed E-state index contributed by atoms with van der Waals surface area (Å²) in [5, 5.41) is 9.65. The summed E-state index contributed by atoms with van der Waals surface area (Å²) in [7, 11) is 0. The Morgan fingerprint density at radius 1 is 1.16 bits per heavy atom. The molecular formula is C13H7F2IN2O. The summed E-state index contributed by atoms with van der Waals surface area (Å²) in [6.07, 6.45) is 0. The van der Waals surface area contributed by atoms with Crippen LogP contribution in [0.15, 0.2) is 30.3 Å². The summed E-state index contributed by atoms with van der Waals surface area (Å²) in [6, 6.07) is 7.46. The van der Waals surface area contributed by atoms with Gasteiger partial charge in [-0.2, -0.15) is 0 Å². The number of phenolic OH excluding ortho intramolecular Hbond substituents is 1. The van der Waals surface area contributed by atoms with Crippen LogP contribution in [0.5, 0.6) is 5.75 Å². The summed E-state index contributed by atoms with van der Waals surface area (Å²) >= 11 is 1.99. The molecule has 0 saturated carbocycles. The Balaban J connectivity index is 2.20. The number of aromatic nitrogens is 2. The van der Waals surface area contributed by atoms with Crippen molar-refractivity contribution in [3.8, 4) is 17.1 Å². The van der Waals surface area contributed by atoms with E-state index in [1.54, 1.807) is 12.1 Å². The minimum atomic E-state index is -0.977. The number of imidazole rings is 1. The summed E-state index contributed by atoms with van der Waals surface area (Å²) in [5.41, 5.74) is 0.967. The van der Waals surface area contributed by atoms with Gasteiger partial charge in [0, 0.05) is 5.56 Å². The predicted molar refractivity (Wildman–Crippen MR) is 75.8 cm³/mol. The molecular weight excluding hydrogens is 365 g/mol. The Bertz CT molecular complexity index is 786. The van der Waals surface area contributed by atoms with Crippen LogP contribution in [-0.4, -0.2) is 15.1 Å². The number of hydrogen-bond acceptors (Lipinski definition) is 2. The number of nitrogens with one attached hydrogen (secondary N) is 1. The topological polar surface area (TPSA) is 48.9 Å². The van der Waals surface area contributed by atoms with Crippen LogP contribution in [0, 0.1) is 15.2 Å². The third kappa shape index (κ3) is 2.05. The predicted octanol–water partition coefficient (Wildman–Crippen LogP) is 3.82. The number of halogens is 3. The van der Waals surface area contributed by atoms with E-state index >= 15 is 0 Å². The van der Waals surface area contributed by atoms with Crippen LogP contribution < -0.4 is 0 Å². The van der Waals surface area contributed by atoms with E-state index in [2.05, 4.69) is 9.97 Å². The fourth-order valence-electron chi connectivity index (χ4n) is 1.81.